The minimum absolute atomic E-state index is 0. The number of nitrogens with zero attached hydrogens (tertiary/aromatic N) is 4. The van der Waals surface area contributed by atoms with E-state index in [0.717, 1.165) is 37.8 Å². The fourth-order valence-corrected chi connectivity index (χ4v) is 3.17. The van der Waals surface area contributed by atoms with Crippen LogP contribution >= 0.6 is 12.4 Å². The average Bonchev–Trinajstić information content (AvgIpc) is 3.34. The van der Waals surface area contributed by atoms with Crippen molar-refractivity contribution in [3.8, 4) is 17.3 Å². The highest BCUT2D eigenvalue weighted by molar-refractivity contribution is 5.85. The molecule has 0 aliphatic heterocycles. The number of aromatic nitrogens is 4. The van der Waals surface area contributed by atoms with Crippen LogP contribution in [0.2, 0.25) is 0 Å². The molecule has 1 aromatic carbocycles. The highest BCUT2D eigenvalue weighted by atomic mass is 35.5. The first-order valence-electron chi connectivity index (χ1n) is 8.22. The van der Waals surface area contributed by atoms with Gasteiger partial charge in [-0.05, 0) is 37.1 Å². The molecule has 1 saturated carbocycles. The predicted molar refractivity (Wildman–Crippen MR) is 93.4 cm³/mol. The van der Waals surface area contributed by atoms with E-state index in [9.17, 15) is 13.2 Å². The van der Waals surface area contributed by atoms with Gasteiger partial charge in [0.2, 0.25) is 0 Å². The van der Waals surface area contributed by atoms with E-state index < -0.39 is 17.3 Å². The fraction of sp³-hybridized carbons (Fsp3) is 0.353. The van der Waals surface area contributed by atoms with E-state index in [-0.39, 0.29) is 24.0 Å². The number of halogens is 4. The van der Waals surface area contributed by atoms with Crippen LogP contribution in [0.25, 0.3) is 17.3 Å². The third-order valence-corrected chi connectivity index (χ3v) is 4.61. The topological polar surface area (TPSA) is 82.8 Å². The summed E-state index contributed by atoms with van der Waals surface area (Å²) in [6, 6.07) is 6.53. The van der Waals surface area contributed by atoms with Gasteiger partial charge in [0.05, 0.1) is 16.8 Å². The largest absolute Gasteiger partial charge is 0.416 e. The molecular weight excluding hydrogens is 383 g/mol. The molecule has 2 heterocycles. The Bertz CT molecular complexity index is 931. The van der Waals surface area contributed by atoms with E-state index in [1.807, 2.05) is 0 Å². The maximum atomic E-state index is 12.9. The van der Waals surface area contributed by atoms with Crippen molar-refractivity contribution in [3.05, 3.63) is 47.9 Å². The van der Waals surface area contributed by atoms with Gasteiger partial charge >= 0.3 is 6.18 Å². The van der Waals surface area contributed by atoms with Crippen LogP contribution in [0, 0.1) is 0 Å². The van der Waals surface area contributed by atoms with Crippen molar-refractivity contribution in [2.75, 3.05) is 0 Å². The van der Waals surface area contributed by atoms with Crippen molar-refractivity contribution >= 4 is 12.4 Å². The first-order chi connectivity index (χ1) is 12.4. The third-order valence-electron chi connectivity index (χ3n) is 4.61. The molecule has 0 bridgehead atoms. The molecule has 144 valence electrons. The van der Waals surface area contributed by atoms with Gasteiger partial charge in [0.25, 0.3) is 5.89 Å². The molecule has 0 radical (unpaired) electrons. The minimum Gasteiger partial charge on any atom is -0.332 e. The molecule has 4 rings (SSSR count). The highest BCUT2D eigenvalue weighted by Crippen LogP contribution is 2.35. The van der Waals surface area contributed by atoms with Gasteiger partial charge < -0.3 is 10.3 Å². The summed E-state index contributed by atoms with van der Waals surface area (Å²) >= 11 is 0. The molecule has 6 nitrogen and oxygen atoms in total. The molecule has 3 aromatic rings. The summed E-state index contributed by atoms with van der Waals surface area (Å²) in [5, 5.41) is 8.21. The average molecular weight is 400 g/mol. The molecule has 0 amide bonds. The quantitative estimate of drug-likeness (QED) is 0.717. The molecule has 0 unspecified atom stereocenters. The Morgan fingerprint density at radius 3 is 2.59 bits per heavy atom. The minimum atomic E-state index is -4.41. The Morgan fingerprint density at radius 1 is 1.15 bits per heavy atom. The van der Waals surface area contributed by atoms with Crippen LogP contribution in [0.5, 0.6) is 0 Å². The lowest BCUT2D eigenvalue weighted by Crippen LogP contribution is -2.34. The maximum Gasteiger partial charge on any atom is 0.416 e. The van der Waals surface area contributed by atoms with Gasteiger partial charge in [0.15, 0.2) is 11.5 Å². The summed E-state index contributed by atoms with van der Waals surface area (Å²) in [6.45, 7) is 0. The lowest BCUT2D eigenvalue weighted by atomic mass is 9.99. The second-order valence-electron chi connectivity index (χ2n) is 6.48. The van der Waals surface area contributed by atoms with Crippen molar-refractivity contribution in [1.29, 1.82) is 0 Å². The van der Waals surface area contributed by atoms with Crippen LogP contribution in [-0.4, -0.2) is 19.9 Å². The van der Waals surface area contributed by atoms with Crippen molar-refractivity contribution in [2.45, 2.75) is 37.4 Å². The predicted octanol–water partition coefficient (Wildman–Crippen LogP) is 4.09. The SMILES string of the molecule is Cl.NC1(c2noc(-c3ccn(-c4cccc(C(F)(F)F)c4)n3)n2)CCCC1. The van der Waals surface area contributed by atoms with Crippen LogP contribution in [0.1, 0.15) is 37.1 Å². The first kappa shape index (κ1) is 19.4. The van der Waals surface area contributed by atoms with Crippen LogP contribution in [0.4, 0.5) is 13.2 Å². The Kier molecular flexibility index (Phi) is 5.00. The zero-order chi connectivity index (χ0) is 18.4. The molecule has 0 spiro atoms. The molecule has 0 saturated heterocycles. The van der Waals surface area contributed by atoms with E-state index in [0.29, 0.717) is 11.5 Å². The smallest absolute Gasteiger partial charge is 0.332 e. The Labute approximate surface area is 159 Å². The summed E-state index contributed by atoms with van der Waals surface area (Å²) in [7, 11) is 0. The molecule has 0 atom stereocenters. The summed E-state index contributed by atoms with van der Waals surface area (Å²) in [6.07, 6.45) is 0.761. The molecule has 27 heavy (non-hydrogen) atoms. The molecule has 2 aromatic heterocycles. The van der Waals surface area contributed by atoms with E-state index in [1.54, 1.807) is 18.3 Å². The van der Waals surface area contributed by atoms with Gasteiger partial charge in [0.1, 0.15) is 0 Å². The van der Waals surface area contributed by atoms with Crippen LogP contribution in [0.15, 0.2) is 41.1 Å². The zero-order valence-corrected chi connectivity index (χ0v) is 14.9. The summed E-state index contributed by atoms with van der Waals surface area (Å²) in [5.74, 6) is 0.640. The van der Waals surface area contributed by atoms with Crippen molar-refractivity contribution < 1.29 is 17.7 Å². The van der Waals surface area contributed by atoms with E-state index in [2.05, 4.69) is 15.2 Å². The third kappa shape index (κ3) is 3.70. The van der Waals surface area contributed by atoms with E-state index in [1.165, 1.54) is 10.7 Å². The number of hydrogen-bond donors (Lipinski definition) is 1. The normalized spacial score (nSPS) is 16.3. The molecule has 1 fully saturated rings. The van der Waals surface area contributed by atoms with Gasteiger partial charge in [-0.1, -0.05) is 24.1 Å². The van der Waals surface area contributed by atoms with Gasteiger partial charge in [0, 0.05) is 6.20 Å². The molecule has 1 aliphatic carbocycles. The van der Waals surface area contributed by atoms with Crippen LogP contribution in [-0.2, 0) is 11.7 Å². The van der Waals surface area contributed by atoms with Crippen molar-refractivity contribution in [1.82, 2.24) is 19.9 Å². The summed E-state index contributed by atoms with van der Waals surface area (Å²) in [4.78, 5) is 4.34. The summed E-state index contributed by atoms with van der Waals surface area (Å²) in [5.41, 5.74) is 5.66. The number of hydrogen-bond acceptors (Lipinski definition) is 5. The van der Waals surface area contributed by atoms with Gasteiger partial charge in [-0.3, -0.25) is 0 Å². The monoisotopic (exact) mass is 399 g/mol. The molecule has 2 N–H and O–H groups in total. The molecular formula is C17H17ClF3N5O. The fourth-order valence-electron chi connectivity index (χ4n) is 3.17. The second-order valence-corrected chi connectivity index (χ2v) is 6.48. The lowest BCUT2D eigenvalue weighted by molar-refractivity contribution is -0.137. The van der Waals surface area contributed by atoms with Crippen molar-refractivity contribution in [2.24, 2.45) is 5.73 Å². The van der Waals surface area contributed by atoms with Gasteiger partial charge in [-0.2, -0.15) is 23.3 Å². The number of alkyl halides is 3. The van der Waals surface area contributed by atoms with Gasteiger partial charge in [-0.25, -0.2) is 4.68 Å². The Morgan fingerprint density at radius 2 is 1.89 bits per heavy atom. The van der Waals surface area contributed by atoms with Gasteiger partial charge in [-0.15, -0.1) is 12.4 Å². The van der Waals surface area contributed by atoms with E-state index in [4.69, 9.17) is 10.3 Å². The zero-order valence-electron chi connectivity index (χ0n) is 14.1. The Balaban J connectivity index is 0.00000210. The highest BCUT2D eigenvalue weighted by Gasteiger charge is 2.36. The number of rotatable bonds is 3. The first-order valence-corrected chi connectivity index (χ1v) is 8.22. The summed E-state index contributed by atoms with van der Waals surface area (Å²) < 4.78 is 45.2. The van der Waals surface area contributed by atoms with Crippen LogP contribution < -0.4 is 5.73 Å². The standard InChI is InChI=1S/C17H16F3N5O.ClH/c18-17(19,20)11-4-3-5-12(10-11)25-9-6-13(23-25)14-22-15(24-26-14)16(21)7-1-2-8-16;/h3-6,9-10H,1-2,7-8,21H2;1H. The van der Waals surface area contributed by atoms with E-state index >= 15 is 0 Å². The van der Waals surface area contributed by atoms with Crippen LogP contribution in [0.3, 0.4) is 0 Å². The second kappa shape index (κ2) is 6.97. The van der Waals surface area contributed by atoms with Crippen molar-refractivity contribution in [3.63, 3.8) is 0 Å². The molecule has 1 aliphatic rings. The Hall–Kier alpha value is -2.39. The number of benzene rings is 1. The molecule has 10 heteroatoms. The maximum absolute atomic E-state index is 12.9. The lowest BCUT2D eigenvalue weighted by Gasteiger charge is -2.17. The number of nitrogens with two attached hydrogens (primary N) is 1.